The zero-order chi connectivity index (χ0) is 19.4. The Morgan fingerprint density at radius 2 is 1.70 bits per heavy atom. The summed E-state index contributed by atoms with van der Waals surface area (Å²) in [4.78, 5) is 13.7. The number of para-hydroxylation sites is 1. The molecule has 1 unspecified atom stereocenters. The van der Waals surface area contributed by atoms with Crippen LogP contribution in [0.5, 0.6) is 0 Å². The Bertz CT molecular complexity index is 931. The maximum absolute atomic E-state index is 12.6. The van der Waals surface area contributed by atoms with E-state index in [9.17, 15) is 4.79 Å². The number of quaternary nitrogens is 1. The molecule has 140 valence electrons. The number of hydrogen-bond acceptors (Lipinski definition) is 2. The molecule has 0 spiro atoms. The van der Waals surface area contributed by atoms with E-state index in [1.54, 1.807) is 0 Å². The van der Waals surface area contributed by atoms with Gasteiger partial charge in [0.05, 0.1) is 29.8 Å². The highest BCUT2D eigenvalue weighted by Gasteiger charge is 2.17. The third-order valence-electron chi connectivity index (χ3n) is 4.77. The van der Waals surface area contributed by atoms with E-state index >= 15 is 0 Å². The zero-order valence-corrected chi connectivity index (χ0v) is 16.4. The fourth-order valence-electron chi connectivity index (χ4n) is 3.30. The van der Waals surface area contributed by atoms with Gasteiger partial charge in [0.1, 0.15) is 6.54 Å². The summed E-state index contributed by atoms with van der Waals surface area (Å²) >= 11 is 0. The normalized spacial score (nSPS) is 12.0. The molecule has 0 aliphatic carbocycles. The van der Waals surface area contributed by atoms with Crippen molar-refractivity contribution in [1.29, 1.82) is 0 Å². The zero-order valence-electron chi connectivity index (χ0n) is 16.4. The van der Waals surface area contributed by atoms with Gasteiger partial charge >= 0.3 is 0 Å². The monoisotopic (exact) mass is 363 g/mol. The first kappa shape index (κ1) is 18.9. The van der Waals surface area contributed by atoms with E-state index in [0.29, 0.717) is 6.54 Å². The number of aryl methyl sites for hydroxylation is 2. The van der Waals surface area contributed by atoms with Crippen molar-refractivity contribution in [2.75, 3.05) is 18.9 Å². The van der Waals surface area contributed by atoms with Crippen molar-refractivity contribution in [2.45, 2.75) is 27.3 Å². The average molecular weight is 363 g/mol. The Kier molecular flexibility index (Phi) is 5.72. The van der Waals surface area contributed by atoms with Gasteiger partial charge in [0.2, 0.25) is 0 Å². The first-order chi connectivity index (χ1) is 13.0. The number of anilines is 1. The SMILES string of the molecule is Cc1ccccc1C[NH+](C)CC(=O)Nc1c(C)nn(-c2ccccc2)c1C. The van der Waals surface area contributed by atoms with Crippen LogP contribution >= 0.6 is 0 Å². The highest BCUT2D eigenvalue weighted by Crippen LogP contribution is 2.22. The van der Waals surface area contributed by atoms with Crippen LogP contribution in [0, 0.1) is 20.8 Å². The molecular formula is C22H27N4O+. The second-order valence-corrected chi connectivity index (χ2v) is 7.08. The molecular weight excluding hydrogens is 336 g/mol. The molecule has 5 nitrogen and oxygen atoms in total. The number of aromatic nitrogens is 2. The number of carbonyl (C=O) groups excluding carboxylic acids is 1. The van der Waals surface area contributed by atoms with E-state index in [0.717, 1.165) is 34.2 Å². The van der Waals surface area contributed by atoms with Crippen LogP contribution in [0.15, 0.2) is 54.6 Å². The van der Waals surface area contributed by atoms with Gasteiger partial charge < -0.3 is 10.2 Å². The van der Waals surface area contributed by atoms with Crippen LogP contribution in [0.4, 0.5) is 5.69 Å². The number of nitrogens with one attached hydrogen (secondary N) is 2. The van der Waals surface area contributed by atoms with Crippen LogP contribution < -0.4 is 10.2 Å². The number of likely N-dealkylation sites (N-methyl/N-ethyl adjacent to an activating group) is 1. The number of nitrogens with zero attached hydrogens (tertiary/aromatic N) is 2. The van der Waals surface area contributed by atoms with Crippen molar-refractivity contribution in [1.82, 2.24) is 9.78 Å². The summed E-state index contributed by atoms with van der Waals surface area (Å²) < 4.78 is 1.87. The molecule has 0 aliphatic heterocycles. The topological polar surface area (TPSA) is 51.4 Å². The van der Waals surface area contributed by atoms with Crippen LogP contribution in [0.25, 0.3) is 5.69 Å². The Hall–Kier alpha value is -2.92. The lowest BCUT2D eigenvalue weighted by molar-refractivity contribution is -0.885. The van der Waals surface area contributed by atoms with Crippen LogP contribution in [0.3, 0.4) is 0 Å². The van der Waals surface area contributed by atoms with Gasteiger partial charge in [0.15, 0.2) is 6.54 Å². The number of rotatable bonds is 6. The molecule has 1 atom stereocenters. The molecule has 3 aromatic rings. The smallest absolute Gasteiger partial charge is 0.279 e. The minimum Gasteiger partial charge on any atom is -0.326 e. The molecule has 0 bridgehead atoms. The summed E-state index contributed by atoms with van der Waals surface area (Å²) in [6.07, 6.45) is 0. The van der Waals surface area contributed by atoms with Crippen molar-refractivity contribution in [3.05, 3.63) is 77.1 Å². The third-order valence-corrected chi connectivity index (χ3v) is 4.77. The average Bonchev–Trinajstić information content (AvgIpc) is 2.92. The molecule has 0 aliphatic rings. The largest absolute Gasteiger partial charge is 0.326 e. The Morgan fingerprint density at radius 3 is 2.41 bits per heavy atom. The third kappa shape index (κ3) is 4.44. The maximum atomic E-state index is 12.6. The van der Waals surface area contributed by atoms with Crippen LogP contribution in [-0.4, -0.2) is 29.3 Å². The van der Waals surface area contributed by atoms with Crippen LogP contribution in [0.2, 0.25) is 0 Å². The molecule has 0 saturated heterocycles. The van der Waals surface area contributed by atoms with E-state index in [-0.39, 0.29) is 5.91 Å². The first-order valence-corrected chi connectivity index (χ1v) is 9.23. The van der Waals surface area contributed by atoms with E-state index < -0.39 is 0 Å². The molecule has 1 heterocycles. The van der Waals surface area contributed by atoms with Gasteiger partial charge in [-0.2, -0.15) is 5.10 Å². The summed E-state index contributed by atoms with van der Waals surface area (Å²) in [5.41, 5.74) is 6.07. The number of benzene rings is 2. The van der Waals surface area contributed by atoms with Crippen LogP contribution in [-0.2, 0) is 11.3 Å². The predicted octanol–water partition coefficient (Wildman–Crippen LogP) is 2.45. The minimum atomic E-state index is -0.0000964. The van der Waals surface area contributed by atoms with Crippen molar-refractivity contribution in [2.24, 2.45) is 0 Å². The second kappa shape index (κ2) is 8.18. The summed E-state index contributed by atoms with van der Waals surface area (Å²) in [6.45, 7) is 7.23. The van der Waals surface area contributed by atoms with E-state index in [1.807, 2.05) is 68.0 Å². The van der Waals surface area contributed by atoms with Gasteiger partial charge in [-0.15, -0.1) is 0 Å². The van der Waals surface area contributed by atoms with Gasteiger partial charge in [0, 0.05) is 5.56 Å². The van der Waals surface area contributed by atoms with Crippen molar-refractivity contribution in [3.63, 3.8) is 0 Å². The molecule has 2 N–H and O–H groups in total. The quantitative estimate of drug-likeness (QED) is 0.707. The van der Waals surface area contributed by atoms with Crippen molar-refractivity contribution in [3.8, 4) is 5.69 Å². The van der Waals surface area contributed by atoms with Crippen molar-refractivity contribution < 1.29 is 9.69 Å². The van der Waals surface area contributed by atoms with Gasteiger partial charge in [-0.3, -0.25) is 4.79 Å². The Labute approximate surface area is 160 Å². The number of amides is 1. The van der Waals surface area contributed by atoms with Crippen LogP contribution in [0.1, 0.15) is 22.5 Å². The number of hydrogen-bond donors (Lipinski definition) is 2. The highest BCUT2D eigenvalue weighted by atomic mass is 16.2. The van der Waals surface area contributed by atoms with E-state index in [2.05, 4.69) is 29.5 Å². The molecule has 1 amide bonds. The lowest BCUT2D eigenvalue weighted by atomic mass is 10.1. The fourth-order valence-corrected chi connectivity index (χ4v) is 3.30. The van der Waals surface area contributed by atoms with E-state index in [1.165, 1.54) is 11.1 Å². The first-order valence-electron chi connectivity index (χ1n) is 9.23. The predicted molar refractivity (Wildman–Crippen MR) is 108 cm³/mol. The molecule has 2 aromatic carbocycles. The van der Waals surface area contributed by atoms with Gasteiger partial charge in [-0.1, -0.05) is 42.5 Å². The molecule has 5 heteroatoms. The highest BCUT2D eigenvalue weighted by molar-refractivity contribution is 5.92. The molecule has 1 aromatic heterocycles. The second-order valence-electron chi connectivity index (χ2n) is 7.08. The lowest BCUT2D eigenvalue weighted by Crippen LogP contribution is -3.08. The van der Waals surface area contributed by atoms with Gasteiger partial charge in [0.25, 0.3) is 5.91 Å². The van der Waals surface area contributed by atoms with Gasteiger partial charge in [-0.25, -0.2) is 4.68 Å². The molecule has 0 saturated carbocycles. The van der Waals surface area contributed by atoms with Gasteiger partial charge in [-0.05, 0) is 38.5 Å². The molecule has 0 fully saturated rings. The summed E-state index contributed by atoms with van der Waals surface area (Å²) in [6, 6.07) is 18.3. The summed E-state index contributed by atoms with van der Waals surface area (Å²) in [5, 5.41) is 7.64. The minimum absolute atomic E-state index is 0.0000964. The molecule has 0 radical (unpaired) electrons. The maximum Gasteiger partial charge on any atom is 0.279 e. The molecule has 27 heavy (non-hydrogen) atoms. The summed E-state index contributed by atoms with van der Waals surface area (Å²) in [7, 11) is 2.04. The Balaban J connectivity index is 1.68. The fraction of sp³-hybridized carbons (Fsp3) is 0.273. The Morgan fingerprint density at radius 1 is 1.04 bits per heavy atom. The molecule has 3 rings (SSSR count). The summed E-state index contributed by atoms with van der Waals surface area (Å²) in [5.74, 6) is -0.0000964. The van der Waals surface area contributed by atoms with E-state index in [4.69, 9.17) is 0 Å². The standard InChI is InChI=1S/C22H26N4O/c1-16-10-8-9-11-19(16)14-25(4)15-21(27)23-22-17(2)24-26(18(22)3)20-12-6-5-7-13-20/h5-13H,14-15H2,1-4H3,(H,23,27)/p+1. The number of carbonyl (C=O) groups is 1. The lowest BCUT2D eigenvalue weighted by Gasteiger charge is -2.15. The van der Waals surface area contributed by atoms with Crippen molar-refractivity contribution >= 4 is 11.6 Å².